The number of halogens is 3. The van der Waals surface area contributed by atoms with Crippen LogP contribution in [0.15, 0.2) is 36.4 Å². The van der Waals surface area contributed by atoms with Crippen LogP contribution < -0.4 is 4.74 Å². The standard InChI is InChI=1S/C14H10BrF2NO3/c15-7-9-1-4-14(13(5-9)18(19)20)21-8-10-6-11(16)2-3-12(10)17/h1-6H,7-8H2. The van der Waals surface area contributed by atoms with E-state index in [2.05, 4.69) is 15.9 Å². The fourth-order valence-corrected chi connectivity index (χ4v) is 2.07. The van der Waals surface area contributed by atoms with Crippen molar-refractivity contribution in [1.82, 2.24) is 0 Å². The first-order valence-electron chi connectivity index (χ1n) is 5.91. The smallest absolute Gasteiger partial charge is 0.311 e. The van der Waals surface area contributed by atoms with Crippen molar-refractivity contribution < 1.29 is 18.4 Å². The molecule has 0 saturated carbocycles. The Labute approximate surface area is 127 Å². The number of benzene rings is 2. The molecule has 0 amide bonds. The Balaban J connectivity index is 2.23. The first-order valence-corrected chi connectivity index (χ1v) is 7.03. The molecule has 21 heavy (non-hydrogen) atoms. The van der Waals surface area contributed by atoms with Crippen LogP contribution in [-0.4, -0.2) is 4.92 Å². The molecule has 0 fully saturated rings. The molecular weight excluding hydrogens is 348 g/mol. The first-order chi connectivity index (χ1) is 10.0. The minimum Gasteiger partial charge on any atom is -0.482 e. The zero-order valence-corrected chi connectivity index (χ0v) is 12.3. The summed E-state index contributed by atoms with van der Waals surface area (Å²) in [7, 11) is 0. The number of ether oxygens (including phenoxy) is 1. The third kappa shape index (κ3) is 3.75. The van der Waals surface area contributed by atoms with Gasteiger partial charge >= 0.3 is 5.69 Å². The molecule has 0 saturated heterocycles. The maximum absolute atomic E-state index is 13.5. The maximum atomic E-state index is 13.5. The molecule has 0 aliphatic rings. The van der Waals surface area contributed by atoms with Crippen molar-refractivity contribution in [2.24, 2.45) is 0 Å². The van der Waals surface area contributed by atoms with Gasteiger partial charge in [-0.1, -0.05) is 22.0 Å². The number of nitro benzene ring substituents is 1. The Morgan fingerprint density at radius 2 is 1.95 bits per heavy atom. The lowest BCUT2D eigenvalue weighted by molar-refractivity contribution is -0.386. The van der Waals surface area contributed by atoms with Crippen LogP contribution in [0.25, 0.3) is 0 Å². The lowest BCUT2D eigenvalue weighted by Gasteiger charge is -2.08. The third-order valence-electron chi connectivity index (χ3n) is 2.77. The monoisotopic (exact) mass is 357 g/mol. The molecule has 0 aliphatic carbocycles. The van der Waals surface area contributed by atoms with Crippen molar-refractivity contribution in [3.05, 3.63) is 69.3 Å². The summed E-state index contributed by atoms with van der Waals surface area (Å²) in [5.41, 5.74) is 0.489. The maximum Gasteiger partial charge on any atom is 0.311 e. The summed E-state index contributed by atoms with van der Waals surface area (Å²) in [6, 6.07) is 7.42. The highest BCUT2D eigenvalue weighted by atomic mass is 79.9. The number of hydrogen-bond donors (Lipinski definition) is 0. The number of nitro groups is 1. The van der Waals surface area contributed by atoms with E-state index in [-0.39, 0.29) is 23.6 Å². The molecule has 4 nitrogen and oxygen atoms in total. The van der Waals surface area contributed by atoms with E-state index in [4.69, 9.17) is 4.74 Å². The molecule has 0 aromatic heterocycles. The average Bonchev–Trinajstić information content (AvgIpc) is 2.48. The Kier molecular flexibility index (Phi) is 4.85. The SMILES string of the molecule is O=[N+]([O-])c1cc(CBr)ccc1OCc1cc(F)ccc1F. The largest absolute Gasteiger partial charge is 0.482 e. The van der Waals surface area contributed by atoms with Crippen LogP contribution in [0.4, 0.5) is 14.5 Å². The molecular formula is C14H10BrF2NO3. The quantitative estimate of drug-likeness (QED) is 0.454. The molecule has 0 heterocycles. The summed E-state index contributed by atoms with van der Waals surface area (Å²) in [5.74, 6) is -1.22. The molecule has 2 aromatic carbocycles. The van der Waals surface area contributed by atoms with Crippen molar-refractivity contribution in [2.45, 2.75) is 11.9 Å². The van der Waals surface area contributed by atoms with E-state index in [1.54, 1.807) is 6.07 Å². The van der Waals surface area contributed by atoms with Gasteiger partial charge in [0.2, 0.25) is 0 Å². The zero-order valence-electron chi connectivity index (χ0n) is 10.7. The molecule has 0 bridgehead atoms. The average molecular weight is 358 g/mol. The van der Waals surface area contributed by atoms with Gasteiger partial charge in [0.05, 0.1) is 4.92 Å². The van der Waals surface area contributed by atoms with E-state index < -0.39 is 16.6 Å². The molecule has 0 spiro atoms. The van der Waals surface area contributed by atoms with Crippen molar-refractivity contribution in [2.75, 3.05) is 0 Å². The fraction of sp³-hybridized carbons (Fsp3) is 0.143. The first kappa shape index (κ1) is 15.4. The van der Waals surface area contributed by atoms with E-state index >= 15 is 0 Å². The number of rotatable bonds is 5. The van der Waals surface area contributed by atoms with Crippen LogP contribution >= 0.6 is 15.9 Å². The van der Waals surface area contributed by atoms with Gasteiger partial charge in [0, 0.05) is 17.0 Å². The summed E-state index contributed by atoms with van der Waals surface area (Å²) in [5, 5.41) is 11.5. The minimum absolute atomic E-state index is 0.00568. The van der Waals surface area contributed by atoms with Crippen molar-refractivity contribution in [3.8, 4) is 5.75 Å². The molecule has 2 rings (SSSR count). The van der Waals surface area contributed by atoms with Crippen molar-refractivity contribution >= 4 is 21.6 Å². The summed E-state index contributed by atoms with van der Waals surface area (Å²) >= 11 is 3.20. The van der Waals surface area contributed by atoms with E-state index in [0.717, 1.165) is 18.2 Å². The number of alkyl halides is 1. The van der Waals surface area contributed by atoms with Crippen LogP contribution in [-0.2, 0) is 11.9 Å². The Morgan fingerprint density at radius 1 is 1.19 bits per heavy atom. The Morgan fingerprint density at radius 3 is 2.62 bits per heavy atom. The number of hydrogen-bond acceptors (Lipinski definition) is 3. The third-order valence-corrected chi connectivity index (χ3v) is 3.41. The fourth-order valence-electron chi connectivity index (χ4n) is 1.72. The van der Waals surface area contributed by atoms with Gasteiger partial charge < -0.3 is 4.74 Å². The highest BCUT2D eigenvalue weighted by Crippen LogP contribution is 2.29. The van der Waals surface area contributed by atoms with Gasteiger partial charge in [0.25, 0.3) is 0 Å². The molecule has 110 valence electrons. The van der Waals surface area contributed by atoms with E-state index in [1.165, 1.54) is 12.1 Å². The molecule has 7 heteroatoms. The van der Waals surface area contributed by atoms with Gasteiger partial charge in [-0.05, 0) is 29.8 Å². The molecule has 2 aromatic rings. The second-order valence-electron chi connectivity index (χ2n) is 4.22. The molecule has 0 N–H and O–H groups in total. The van der Waals surface area contributed by atoms with Gasteiger partial charge in [-0.3, -0.25) is 10.1 Å². The normalized spacial score (nSPS) is 10.4. The summed E-state index contributed by atoms with van der Waals surface area (Å²) in [6.07, 6.45) is 0. The van der Waals surface area contributed by atoms with Crippen LogP contribution in [0.2, 0.25) is 0 Å². The van der Waals surface area contributed by atoms with E-state index in [9.17, 15) is 18.9 Å². The van der Waals surface area contributed by atoms with Gasteiger partial charge in [-0.2, -0.15) is 0 Å². The zero-order chi connectivity index (χ0) is 15.4. The van der Waals surface area contributed by atoms with Crippen molar-refractivity contribution in [3.63, 3.8) is 0 Å². The summed E-state index contributed by atoms with van der Waals surface area (Å²) in [6.45, 7) is -0.294. The minimum atomic E-state index is -0.629. The van der Waals surface area contributed by atoms with Crippen LogP contribution in [0, 0.1) is 21.7 Å². The summed E-state index contributed by atoms with van der Waals surface area (Å²) in [4.78, 5) is 10.4. The second-order valence-corrected chi connectivity index (χ2v) is 4.78. The van der Waals surface area contributed by atoms with E-state index in [1.807, 2.05) is 0 Å². The van der Waals surface area contributed by atoms with Gasteiger partial charge in [0.15, 0.2) is 5.75 Å². The van der Waals surface area contributed by atoms with Crippen LogP contribution in [0.5, 0.6) is 5.75 Å². The van der Waals surface area contributed by atoms with Crippen molar-refractivity contribution in [1.29, 1.82) is 0 Å². The Hall–Kier alpha value is -2.02. The predicted octanol–water partition coefficient (Wildman–Crippen LogP) is 4.35. The van der Waals surface area contributed by atoms with Gasteiger partial charge in [-0.25, -0.2) is 8.78 Å². The topological polar surface area (TPSA) is 52.4 Å². The highest BCUT2D eigenvalue weighted by molar-refractivity contribution is 9.08. The van der Waals surface area contributed by atoms with Gasteiger partial charge in [0.1, 0.15) is 18.2 Å². The van der Waals surface area contributed by atoms with Crippen LogP contribution in [0.3, 0.4) is 0 Å². The van der Waals surface area contributed by atoms with Gasteiger partial charge in [-0.15, -0.1) is 0 Å². The molecule has 0 unspecified atom stereocenters. The molecule has 0 radical (unpaired) electrons. The lowest BCUT2D eigenvalue weighted by atomic mass is 10.2. The Bertz CT molecular complexity index is 679. The lowest BCUT2D eigenvalue weighted by Crippen LogP contribution is -2.02. The second kappa shape index (κ2) is 6.62. The van der Waals surface area contributed by atoms with E-state index in [0.29, 0.717) is 10.9 Å². The molecule has 0 atom stereocenters. The highest BCUT2D eigenvalue weighted by Gasteiger charge is 2.16. The number of nitrogens with zero attached hydrogens (tertiary/aromatic N) is 1. The predicted molar refractivity (Wildman–Crippen MR) is 76.4 cm³/mol. The molecule has 0 aliphatic heterocycles. The van der Waals surface area contributed by atoms with Crippen LogP contribution in [0.1, 0.15) is 11.1 Å². The summed E-state index contributed by atoms with van der Waals surface area (Å²) < 4.78 is 31.8.